The maximum Gasteiger partial charge on any atom is 0.269 e. The van der Waals surface area contributed by atoms with Crippen molar-refractivity contribution in [3.05, 3.63) is 44.8 Å². The molecule has 2 N–H and O–H groups in total. The number of hydrogen-bond donors (Lipinski definition) is 2. The van der Waals surface area contributed by atoms with Crippen molar-refractivity contribution in [2.45, 2.75) is 27.7 Å². The van der Waals surface area contributed by atoms with Gasteiger partial charge in [0.05, 0.1) is 27.8 Å². The van der Waals surface area contributed by atoms with Crippen molar-refractivity contribution in [3.63, 3.8) is 0 Å². The zero-order valence-corrected chi connectivity index (χ0v) is 12.3. The average Bonchev–Trinajstić information content (AvgIpc) is 2.47. The molecular weight excluding hydrogens is 316 g/mol. The third kappa shape index (κ3) is 3.80. The Labute approximate surface area is 128 Å². The molecule has 2 rings (SSSR count). The van der Waals surface area contributed by atoms with E-state index in [4.69, 9.17) is 5.53 Å². The van der Waals surface area contributed by atoms with E-state index in [1.54, 1.807) is 12.1 Å². The van der Waals surface area contributed by atoms with Crippen molar-refractivity contribution < 1.29 is 15.1 Å². The van der Waals surface area contributed by atoms with Crippen molar-refractivity contribution in [1.29, 1.82) is 0 Å². The Morgan fingerprint density at radius 3 is 2.67 bits per heavy atom. The lowest BCUT2D eigenvalue weighted by Crippen LogP contribution is -2.46. The predicted octanol–water partition coefficient (Wildman–Crippen LogP) is 2.16. The van der Waals surface area contributed by atoms with Crippen LogP contribution in [0.25, 0.3) is 10.4 Å². The van der Waals surface area contributed by atoms with Crippen LogP contribution in [0.4, 0.5) is 5.69 Å². The molecule has 0 bridgehead atoms. The molecule has 0 spiro atoms. The topological polar surface area (TPSA) is 132 Å². The molecule has 0 aromatic heterocycles. The first kappa shape index (κ1) is 15.9. The molecule has 2 unspecified atom stereocenters. The van der Waals surface area contributed by atoms with Crippen LogP contribution in [0.1, 0.15) is 0 Å². The van der Waals surface area contributed by atoms with Gasteiger partial charge >= 0.3 is 0 Å². The fourth-order valence-corrected chi connectivity index (χ4v) is 4.60. The number of aliphatic hydroxyl groups excluding tert-OH is 2. The van der Waals surface area contributed by atoms with Gasteiger partial charge in [0.1, 0.15) is 0 Å². The third-order valence-electron chi connectivity index (χ3n) is 2.94. The van der Waals surface area contributed by atoms with E-state index in [0.29, 0.717) is 5.75 Å². The Balaban J connectivity index is 2.13. The van der Waals surface area contributed by atoms with Crippen LogP contribution in [-0.2, 0) is 0 Å². The first-order valence-corrected chi connectivity index (χ1v) is 7.89. The Kier molecular flexibility index (Phi) is 5.32. The van der Waals surface area contributed by atoms with Gasteiger partial charge in [0.25, 0.3) is 5.69 Å². The van der Waals surface area contributed by atoms with Crippen LogP contribution >= 0.6 is 23.5 Å². The molecule has 1 saturated heterocycles. The standard InChI is InChI=1S/C11H12N4O4S2/c12-14-13-9-10(17)8(16)5-20-11(9)21-7-3-1-6(2-4-7)15(18)19/h1-4,8-11,16-17H,5H2/t8-,9?,10?,11+/m1/s1. The second-order valence-corrected chi connectivity index (χ2v) is 7.01. The molecule has 0 amide bonds. The summed E-state index contributed by atoms with van der Waals surface area (Å²) in [4.78, 5) is 13.6. The van der Waals surface area contributed by atoms with Crippen molar-refractivity contribution in [3.8, 4) is 0 Å². The van der Waals surface area contributed by atoms with E-state index in [9.17, 15) is 20.3 Å². The lowest BCUT2D eigenvalue weighted by molar-refractivity contribution is -0.384. The second kappa shape index (κ2) is 7.01. The highest BCUT2D eigenvalue weighted by Gasteiger charge is 2.38. The van der Waals surface area contributed by atoms with Gasteiger partial charge in [0.15, 0.2) is 0 Å². The van der Waals surface area contributed by atoms with Crippen molar-refractivity contribution in [2.75, 3.05) is 5.75 Å². The number of aliphatic hydroxyl groups is 2. The summed E-state index contributed by atoms with van der Waals surface area (Å²) >= 11 is 2.73. The molecule has 1 aromatic carbocycles. The molecular formula is C11H12N4O4S2. The van der Waals surface area contributed by atoms with E-state index in [1.807, 2.05) is 0 Å². The zero-order valence-electron chi connectivity index (χ0n) is 10.6. The van der Waals surface area contributed by atoms with Gasteiger partial charge < -0.3 is 10.2 Å². The lowest BCUT2D eigenvalue weighted by Gasteiger charge is -2.34. The number of nitro benzene ring substituents is 1. The highest BCUT2D eigenvalue weighted by atomic mass is 32.2. The first-order valence-electron chi connectivity index (χ1n) is 5.96. The molecule has 4 atom stereocenters. The summed E-state index contributed by atoms with van der Waals surface area (Å²) in [5.41, 5.74) is 8.57. The van der Waals surface area contributed by atoms with Gasteiger partial charge in [-0.05, 0) is 17.7 Å². The van der Waals surface area contributed by atoms with Gasteiger partial charge in [-0.15, -0.1) is 23.5 Å². The smallest absolute Gasteiger partial charge is 0.269 e. The quantitative estimate of drug-likeness (QED) is 0.286. The van der Waals surface area contributed by atoms with E-state index >= 15 is 0 Å². The summed E-state index contributed by atoms with van der Waals surface area (Å²) in [6.07, 6.45) is -2.04. The highest BCUT2D eigenvalue weighted by Crippen LogP contribution is 2.40. The predicted molar refractivity (Wildman–Crippen MR) is 80.1 cm³/mol. The molecule has 21 heavy (non-hydrogen) atoms. The highest BCUT2D eigenvalue weighted by molar-refractivity contribution is 8.17. The van der Waals surface area contributed by atoms with Crippen LogP contribution in [-0.4, -0.2) is 43.7 Å². The minimum absolute atomic E-state index is 0.00213. The minimum atomic E-state index is -1.11. The number of benzene rings is 1. The zero-order chi connectivity index (χ0) is 15.4. The summed E-state index contributed by atoms with van der Waals surface area (Å²) in [6.45, 7) is 0. The summed E-state index contributed by atoms with van der Waals surface area (Å²) in [5.74, 6) is 0.337. The molecule has 1 aromatic rings. The number of nitrogens with zero attached hydrogens (tertiary/aromatic N) is 4. The Morgan fingerprint density at radius 1 is 1.43 bits per heavy atom. The summed E-state index contributed by atoms with van der Waals surface area (Å²) in [6, 6.07) is 5.23. The molecule has 10 heteroatoms. The number of azide groups is 1. The Bertz CT molecular complexity index is 564. The van der Waals surface area contributed by atoms with Crippen LogP contribution in [0.5, 0.6) is 0 Å². The van der Waals surface area contributed by atoms with Crippen LogP contribution in [0.15, 0.2) is 34.3 Å². The van der Waals surface area contributed by atoms with Crippen molar-refractivity contribution in [2.24, 2.45) is 5.11 Å². The molecule has 112 valence electrons. The van der Waals surface area contributed by atoms with Crippen molar-refractivity contribution >= 4 is 29.2 Å². The normalized spacial score (nSPS) is 28.7. The monoisotopic (exact) mass is 328 g/mol. The van der Waals surface area contributed by atoms with Gasteiger partial charge in [0, 0.05) is 27.7 Å². The first-order chi connectivity index (χ1) is 10.0. The summed E-state index contributed by atoms with van der Waals surface area (Å²) in [5, 5.41) is 33.7. The molecule has 0 saturated carbocycles. The molecule has 1 heterocycles. The number of thioether (sulfide) groups is 2. The van der Waals surface area contributed by atoms with Gasteiger partial charge in [0.2, 0.25) is 0 Å². The number of non-ortho nitro benzene ring substituents is 1. The van der Waals surface area contributed by atoms with E-state index in [1.165, 1.54) is 35.7 Å². The van der Waals surface area contributed by atoms with E-state index < -0.39 is 23.2 Å². The maximum atomic E-state index is 10.6. The van der Waals surface area contributed by atoms with Crippen LogP contribution in [0, 0.1) is 10.1 Å². The Hall–Kier alpha value is -1.45. The second-order valence-electron chi connectivity index (χ2n) is 4.32. The Morgan fingerprint density at radius 2 is 2.10 bits per heavy atom. The van der Waals surface area contributed by atoms with Crippen LogP contribution in [0.3, 0.4) is 0 Å². The minimum Gasteiger partial charge on any atom is -0.390 e. The van der Waals surface area contributed by atoms with Gasteiger partial charge in [-0.1, -0.05) is 5.11 Å². The molecule has 0 aliphatic carbocycles. The van der Waals surface area contributed by atoms with Gasteiger partial charge in [-0.2, -0.15) is 0 Å². The number of nitro groups is 1. The number of rotatable bonds is 4. The number of hydrogen-bond acceptors (Lipinski definition) is 7. The lowest BCUT2D eigenvalue weighted by atomic mass is 10.1. The van der Waals surface area contributed by atoms with Crippen molar-refractivity contribution in [1.82, 2.24) is 0 Å². The van der Waals surface area contributed by atoms with Gasteiger partial charge in [-0.3, -0.25) is 10.1 Å². The molecule has 1 aliphatic heterocycles. The van der Waals surface area contributed by atoms with Crippen LogP contribution < -0.4 is 0 Å². The fraction of sp³-hybridized carbons (Fsp3) is 0.455. The van der Waals surface area contributed by atoms with Gasteiger partial charge in [-0.25, -0.2) is 0 Å². The van der Waals surface area contributed by atoms with E-state index in [2.05, 4.69) is 10.0 Å². The molecule has 1 aliphatic rings. The molecule has 1 fully saturated rings. The average molecular weight is 328 g/mol. The maximum absolute atomic E-state index is 10.6. The van der Waals surface area contributed by atoms with Crippen LogP contribution in [0.2, 0.25) is 0 Å². The third-order valence-corrected chi connectivity index (χ3v) is 5.83. The molecule has 0 radical (unpaired) electrons. The molecule has 8 nitrogen and oxygen atoms in total. The SMILES string of the molecule is [N-]=[N+]=NC1C(O)[C@H](O)CS[C@H]1Sc1ccc([N+](=O)[O-])cc1. The fourth-order valence-electron chi connectivity index (χ4n) is 1.85. The summed E-state index contributed by atoms with van der Waals surface area (Å²) < 4.78 is -0.263. The summed E-state index contributed by atoms with van der Waals surface area (Å²) in [7, 11) is 0. The van der Waals surface area contributed by atoms with E-state index in [0.717, 1.165) is 4.90 Å². The largest absolute Gasteiger partial charge is 0.390 e. The van der Waals surface area contributed by atoms with E-state index in [-0.39, 0.29) is 10.3 Å².